The van der Waals surface area contributed by atoms with E-state index in [1.54, 1.807) is 30.3 Å². The van der Waals surface area contributed by atoms with Gasteiger partial charge in [-0.1, -0.05) is 30.3 Å². The Morgan fingerprint density at radius 1 is 1.07 bits per heavy atom. The number of amides is 1. The molecule has 3 aromatic rings. The number of halogens is 2. The molecule has 146 valence electrons. The molecule has 28 heavy (non-hydrogen) atoms. The SMILES string of the molecule is CCNC(=O)c1coc(CN(Cc2ccc(F)cc2)Cc2ccccc2F)n1. The van der Waals surface area contributed by atoms with Gasteiger partial charge in [0.05, 0.1) is 6.54 Å². The number of carbonyl (C=O) groups is 1. The fourth-order valence-electron chi connectivity index (χ4n) is 2.81. The van der Waals surface area contributed by atoms with Crippen LogP contribution in [0.2, 0.25) is 0 Å². The van der Waals surface area contributed by atoms with E-state index in [2.05, 4.69) is 10.3 Å². The molecule has 2 aromatic carbocycles. The molecule has 1 heterocycles. The molecule has 1 aromatic heterocycles. The van der Waals surface area contributed by atoms with Gasteiger partial charge in [0.15, 0.2) is 5.69 Å². The largest absolute Gasteiger partial charge is 0.447 e. The van der Waals surface area contributed by atoms with E-state index in [0.29, 0.717) is 31.1 Å². The Kier molecular flexibility index (Phi) is 6.49. The van der Waals surface area contributed by atoms with Crippen molar-refractivity contribution in [2.24, 2.45) is 0 Å². The van der Waals surface area contributed by atoms with Crippen LogP contribution in [0.3, 0.4) is 0 Å². The highest BCUT2D eigenvalue weighted by Gasteiger charge is 2.16. The summed E-state index contributed by atoms with van der Waals surface area (Å²) in [5.74, 6) is -0.581. The Morgan fingerprint density at radius 3 is 2.54 bits per heavy atom. The van der Waals surface area contributed by atoms with E-state index in [0.717, 1.165) is 5.56 Å². The molecule has 5 nitrogen and oxygen atoms in total. The van der Waals surface area contributed by atoms with E-state index in [9.17, 15) is 13.6 Å². The summed E-state index contributed by atoms with van der Waals surface area (Å²) >= 11 is 0. The van der Waals surface area contributed by atoms with Crippen LogP contribution in [0.5, 0.6) is 0 Å². The summed E-state index contributed by atoms with van der Waals surface area (Å²) in [5.41, 5.74) is 1.60. The summed E-state index contributed by atoms with van der Waals surface area (Å²) < 4.78 is 32.7. The van der Waals surface area contributed by atoms with Crippen molar-refractivity contribution in [3.8, 4) is 0 Å². The highest BCUT2D eigenvalue weighted by molar-refractivity contribution is 5.91. The second kappa shape index (κ2) is 9.23. The van der Waals surface area contributed by atoms with E-state index in [1.165, 1.54) is 24.5 Å². The van der Waals surface area contributed by atoms with Gasteiger partial charge < -0.3 is 9.73 Å². The maximum Gasteiger partial charge on any atom is 0.273 e. The van der Waals surface area contributed by atoms with Crippen LogP contribution < -0.4 is 5.32 Å². The molecule has 1 amide bonds. The first-order valence-corrected chi connectivity index (χ1v) is 8.98. The number of rotatable bonds is 8. The predicted octanol–water partition coefficient (Wildman–Crippen LogP) is 3.90. The monoisotopic (exact) mass is 385 g/mol. The summed E-state index contributed by atoms with van der Waals surface area (Å²) in [4.78, 5) is 18.0. The molecule has 7 heteroatoms. The first-order chi connectivity index (χ1) is 13.5. The fourth-order valence-corrected chi connectivity index (χ4v) is 2.81. The molecule has 1 N–H and O–H groups in total. The van der Waals surface area contributed by atoms with Gasteiger partial charge in [0.1, 0.15) is 17.9 Å². The first kappa shape index (κ1) is 19.7. The molecule has 0 fully saturated rings. The lowest BCUT2D eigenvalue weighted by molar-refractivity contribution is 0.0950. The molecule has 0 unspecified atom stereocenters. The zero-order chi connectivity index (χ0) is 19.9. The number of aromatic nitrogens is 1. The Labute approximate surface area is 162 Å². The molecule has 0 bridgehead atoms. The van der Waals surface area contributed by atoms with Gasteiger partial charge in [-0.25, -0.2) is 13.8 Å². The average Bonchev–Trinajstić information content (AvgIpc) is 3.14. The van der Waals surface area contributed by atoms with E-state index in [1.807, 2.05) is 11.8 Å². The van der Waals surface area contributed by atoms with Gasteiger partial charge in [-0.15, -0.1) is 0 Å². The molecule has 0 radical (unpaired) electrons. The fraction of sp³-hybridized carbons (Fsp3) is 0.238. The van der Waals surface area contributed by atoms with Crippen molar-refractivity contribution in [3.63, 3.8) is 0 Å². The third-order valence-electron chi connectivity index (χ3n) is 4.15. The van der Waals surface area contributed by atoms with Crippen molar-refractivity contribution in [3.05, 3.63) is 89.1 Å². The van der Waals surface area contributed by atoms with Crippen LogP contribution in [0.4, 0.5) is 8.78 Å². The minimum atomic E-state index is -0.316. The molecule has 0 atom stereocenters. The van der Waals surface area contributed by atoms with E-state index in [4.69, 9.17) is 4.42 Å². The van der Waals surface area contributed by atoms with Crippen molar-refractivity contribution in [2.75, 3.05) is 6.54 Å². The standard InChI is InChI=1S/C21H21F2N3O2/c1-2-24-21(27)19-14-28-20(25-19)13-26(11-15-7-9-17(22)10-8-15)12-16-5-3-4-6-18(16)23/h3-10,14H,2,11-13H2,1H3,(H,24,27). The van der Waals surface area contributed by atoms with Gasteiger partial charge >= 0.3 is 0 Å². The van der Waals surface area contributed by atoms with Crippen LogP contribution in [0.25, 0.3) is 0 Å². The quantitative estimate of drug-likeness (QED) is 0.639. The van der Waals surface area contributed by atoms with Crippen molar-refractivity contribution >= 4 is 5.91 Å². The van der Waals surface area contributed by atoms with Crippen molar-refractivity contribution in [2.45, 2.75) is 26.6 Å². The number of nitrogens with one attached hydrogen (secondary N) is 1. The molecule has 3 rings (SSSR count). The minimum absolute atomic E-state index is 0.199. The van der Waals surface area contributed by atoms with Crippen molar-refractivity contribution in [1.82, 2.24) is 15.2 Å². The highest BCUT2D eigenvalue weighted by atomic mass is 19.1. The average molecular weight is 385 g/mol. The van der Waals surface area contributed by atoms with Crippen LogP contribution in [0.1, 0.15) is 34.4 Å². The maximum atomic E-state index is 14.1. The molecule has 0 aliphatic rings. The van der Waals surface area contributed by atoms with Gasteiger partial charge in [0, 0.05) is 25.2 Å². The van der Waals surface area contributed by atoms with Crippen LogP contribution in [0, 0.1) is 11.6 Å². The van der Waals surface area contributed by atoms with Crippen LogP contribution in [-0.2, 0) is 19.6 Å². The van der Waals surface area contributed by atoms with Gasteiger partial charge in [-0.2, -0.15) is 0 Å². The molecular formula is C21H21F2N3O2. The minimum Gasteiger partial charge on any atom is -0.447 e. The Balaban J connectivity index is 1.78. The third kappa shape index (κ3) is 5.23. The number of hydrogen-bond acceptors (Lipinski definition) is 4. The summed E-state index contributed by atoms with van der Waals surface area (Å²) in [6.07, 6.45) is 1.31. The summed E-state index contributed by atoms with van der Waals surface area (Å²) in [6, 6.07) is 12.7. The summed E-state index contributed by atoms with van der Waals surface area (Å²) in [7, 11) is 0. The summed E-state index contributed by atoms with van der Waals surface area (Å²) in [6.45, 7) is 3.32. The lowest BCUT2D eigenvalue weighted by atomic mass is 10.1. The van der Waals surface area contributed by atoms with Crippen LogP contribution in [0.15, 0.2) is 59.2 Å². The zero-order valence-electron chi connectivity index (χ0n) is 15.5. The third-order valence-corrected chi connectivity index (χ3v) is 4.15. The van der Waals surface area contributed by atoms with Gasteiger partial charge in [0.2, 0.25) is 5.89 Å². The first-order valence-electron chi connectivity index (χ1n) is 8.98. The van der Waals surface area contributed by atoms with Gasteiger partial charge in [0.25, 0.3) is 5.91 Å². The van der Waals surface area contributed by atoms with E-state index in [-0.39, 0.29) is 29.8 Å². The molecule has 0 spiro atoms. The maximum absolute atomic E-state index is 14.1. The second-order valence-corrected chi connectivity index (χ2v) is 6.35. The Bertz CT molecular complexity index is 925. The lowest BCUT2D eigenvalue weighted by Gasteiger charge is -2.21. The Hall–Kier alpha value is -3.06. The second-order valence-electron chi connectivity index (χ2n) is 6.35. The number of oxazole rings is 1. The number of carbonyl (C=O) groups excluding carboxylic acids is 1. The topological polar surface area (TPSA) is 58.4 Å². The highest BCUT2D eigenvalue weighted by Crippen LogP contribution is 2.16. The van der Waals surface area contributed by atoms with Crippen molar-refractivity contribution < 1.29 is 18.0 Å². The number of benzene rings is 2. The predicted molar refractivity (Wildman–Crippen MR) is 100 cm³/mol. The summed E-state index contributed by atoms with van der Waals surface area (Å²) in [5, 5.41) is 2.66. The number of hydrogen-bond donors (Lipinski definition) is 1. The Morgan fingerprint density at radius 2 is 1.82 bits per heavy atom. The van der Waals surface area contributed by atoms with Crippen LogP contribution in [-0.4, -0.2) is 22.3 Å². The molecular weight excluding hydrogens is 364 g/mol. The van der Waals surface area contributed by atoms with E-state index >= 15 is 0 Å². The van der Waals surface area contributed by atoms with Crippen LogP contribution >= 0.6 is 0 Å². The van der Waals surface area contributed by atoms with E-state index < -0.39 is 0 Å². The molecule has 0 saturated carbocycles. The van der Waals surface area contributed by atoms with Crippen molar-refractivity contribution in [1.29, 1.82) is 0 Å². The zero-order valence-corrected chi connectivity index (χ0v) is 15.5. The molecule has 0 aliphatic heterocycles. The van der Waals surface area contributed by atoms with Gasteiger partial charge in [-0.05, 0) is 30.7 Å². The molecule has 0 aliphatic carbocycles. The smallest absolute Gasteiger partial charge is 0.273 e. The van der Waals surface area contributed by atoms with Gasteiger partial charge in [-0.3, -0.25) is 9.69 Å². The molecule has 0 saturated heterocycles. The number of nitrogens with zero attached hydrogens (tertiary/aromatic N) is 2. The lowest BCUT2D eigenvalue weighted by Crippen LogP contribution is -2.24. The normalized spacial score (nSPS) is 11.0.